The highest BCUT2D eigenvalue weighted by Crippen LogP contribution is 2.33. The first kappa shape index (κ1) is 20.5. The van der Waals surface area contributed by atoms with Crippen molar-refractivity contribution in [3.05, 3.63) is 81.6 Å². The van der Waals surface area contributed by atoms with Gasteiger partial charge in [0.25, 0.3) is 5.56 Å². The quantitative estimate of drug-likeness (QED) is 0.632. The summed E-state index contributed by atoms with van der Waals surface area (Å²) in [5.41, 5.74) is -1.26. The highest BCUT2D eigenvalue weighted by molar-refractivity contribution is 6.30. The number of nitrogens with zero attached hydrogens (tertiary/aromatic N) is 2. The lowest BCUT2D eigenvalue weighted by atomic mass is 10.1. The van der Waals surface area contributed by atoms with Crippen molar-refractivity contribution in [2.24, 2.45) is 0 Å². The van der Waals surface area contributed by atoms with Crippen LogP contribution in [0.25, 0.3) is 11.3 Å². The Morgan fingerprint density at radius 1 is 1.10 bits per heavy atom. The van der Waals surface area contributed by atoms with Gasteiger partial charge in [0.1, 0.15) is 12.4 Å². The van der Waals surface area contributed by atoms with E-state index >= 15 is 0 Å². The molecule has 0 spiro atoms. The van der Waals surface area contributed by atoms with Crippen molar-refractivity contribution in [3.63, 3.8) is 0 Å². The van der Waals surface area contributed by atoms with Gasteiger partial charge >= 0.3 is 6.18 Å². The number of rotatable bonds is 4. The van der Waals surface area contributed by atoms with E-state index in [-0.39, 0.29) is 5.69 Å². The number of amides is 1. The lowest BCUT2D eigenvalue weighted by molar-refractivity contribution is -0.140. The van der Waals surface area contributed by atoms with E-state index in [4.69, 9.17) is 11.6 Å². The summed E-state index contributed by atoms with van der Waals surface area (Å²) in [6.45, 7) is -0.481. The van der Waals surface area contributed by atoms with E-state index < -0.39 is 35.6 Å². The number of anilines is 1. The molecule has 0 aliphatic carbocycles. The first-order valence-electron chi connectivity index (χ1n) is 8.12. The minimum absolute atomic E-state index is 0.248. The van der Waals surface area contributed by atoms with E-state index in [1.165, 1.54) is 6.07 Å². The van der Waals surface area contributed by atoms with E-state index in [2.05, 4.69) is 10.3 Å². The van der Waals surface area contributed by atoms with E-state index in [0.29, 0.717) is 28.4 Å². The number of halogens is 5. The van der Waals surface area contributed by atoms with Gasteiger partial charge in [-0.25, -0.2) is 9.37 Å². The number of aromatic nitrogens is 2. The van der Waals surface area contributed by atoms with Gasteiger partial charge in [-0.3, -0.25) is 14.2 Å². The first-order valence-corrected chi connectivity index (χ1v) is 8.50. The van der Waals surface area contributed by atoms with Gasteiger partial charge in [-0.2, -0.15) is 13.2 Å². The van der Waals surface area contributed by atoms with Crippen LogP contribution in [-0.4, -0.2) is 15.5 Å². The van der Waals surface area contributed by atoms with E-state index in [1.54, 1.807) is 24.3 Å². The third kappa shape index (κ3) is 5.00. The molecule has 0 unspecified atom stereocenters. The molecule has 0 radical (unpaired) electrons. The second kappa shape index (κ2) is 8.04. The molecule has 2 aromatic carbocycles. The van der Waals surface area contributed by atoms with Crippen molar-refractivity contribution in [1.29, 1.82) is 0 Å². The largest absolute Gasteiger partial charge is 0.419 e. The van der Waals surface area contributed by atoms with Gasteiger partial charge < -0.3 is 5.32 Å². The Labute approximate surface area is 166 Å². The Morgan fingerprint density at radius 2 is 1.79 bits per heavy atom. The fraction of sp³-hybridized carbons (Fsp3) is 0.105. The predicted octanol–water partition coefficient (Wildman–Crippen LogP) is 4.36. The Bertz CT molecular complexity index is 1110. The van der Waals surface area contributed by atoms with Crippen LogP contribution in [0.2, 0.25) is 5.02 Å². The number of carbonyl (C=O) groups excluding carboxylic acids is 1. The van der Waals surface area contributed by atoms with Crippen molar-refractivity contribution in [2.45, 2.75) is 12.7 Å². The molecule has 5 nitrogen and oxygen atoms in total. The second-order valence-corrected chi connectivity index (χ2v) is 6.42. The number of carbonyl (C=O) groups is 1. The van der Waals surface area contributed by atoms with Crippen molar-refractivity contribution >= 4 is 23.2 Å². The molecule has 0 aliphatic rings. The summed E-state index contributed by atoms with van der Waals surface area (Å²) >= 11 is 5.81. The molecule has 150 valence electrons. The van der Waals surface area contributed by atoms with Crippen LogP contribution >= 0.6 is 11.6 Å². The fourth-order valence-electron chi connectivity index (χ4n) is 2.50. The molecule has 1 heterocycles. The van der Waals surface area contributed by atoms with Gasteiger partial charge in [0.2, 0.25) is 5.91 Å². The molecule has 10 heteroatoms. The molecule has 0 bridgehead atoms. The topological polar surface area (TPSA) is 64.0 Å². The summed E-state index contributed by atoms with van der Waals surface area (Å²) in [6, 6.07) is 9.92. The van der Waals surface area contributed by atoms with Gasteiger partial charge in [0.15, 0.2) is 0 Å². The maximum atomic E-state index is 13.3. The minimum Gasteiger partial charge on any atom is -0.325 e. The molecule has 3 rings (SSSR count). The Hall–Kier alpha value is -3.20. The molecule has 29 heavy (non-hydrogen) atoms. The van der Waals surface area contributed by atoms with Crippen LogP contribution in [0.15, 0.2) is 59.7 Å². The number of nitrogens with one attached hydrogen (secondary N) is 1. The Kier molecular flexibility index (Phi) is 5.69. The van der Waals surface area contributed by atoms with Crippen LogP contribution in [0.1, 0.15) is 5.56 Å². The van der Waals surface area contributed by atoms with Crippen LogP contribution < -0.4 is 10.9 Å². The molecule has 0 aliphatic heterocycles. The summed E-state index contributed by atoms with van der Waals surface area (Å²) in [4.78, 5) is 28.4. The maximum absolute atomic E-state index is 13.3. The second-order valence-electron chi connectivity index (χ2n) is 5.99. The number of benzene rings is 2. The summed E-state index contributed by atoms with van der Waals surface area (Å²) in [5, 5.41) is 2.72. The van der Waals surface area contributed by atoms with Gasteiger partial charge in [-0.15, -0.1) is 0 Å². The van der Waals surface area contributed by atoms with Crippen LogP contribution in [0.5, 0.6) is 0 Å². The standard InChI is InChI=1S/C19H12ClF4N3O2/c20-12-3-1-11(2-4-12)16-8-18(29)27(10-25-16)9-17(28)26-13-5-6-15(21)14(7-13)19(22,23)24/h1-8,10H,9H2,(H,26,28). The molecular formula is C19H12ClF4N3O2. The Balaban J connectivity index is 1.74. The van der Waals surface area contributed by atoms with E-state index in [1.807, 2.05) is 0 Å². The molecular weight excluding hydrogens is 414 g/mol. The molecule has 1 N–H and O–H groups in total. The highest BCUT2D eigenvalue weighted by atomic mass is 35.5. The average Bonchev–Trinajstić information content (AvgIpc) is 2.65. The molecule has 0 saturated heterocycles. The zero-order valence-corrected chi connectivity index (χ0v) is 15.3. The van der Waals surface area contributed by atoms with Crippen LogP contribution in [0.4, 0.5) is 23.2 Å². The first-order chi connectivity index (χ1) is 13.6. The molecule has 0 atom stereocenters. The normalized spacial score (nSPS) is 11.3. The van der Waals surface area contributed by atoms with E-state index in [0.717, 1.165) is 17.0 Å². The van der Waals surface area contributed by atoms with Crippen LogP contribution in [-0.2, 0) is 17.5 Å². The smallest absolute Gasteiger partial charge is 0.325 e. The lowest BCUT2D eigenvalue weighted by Gasteiger charge is -2.11. The van der Waals surface area contributed by atoms with Crippen molar-refractivity contribution in [2.75, 3.05) is 5.32 Å². The highest BCUT2D eigenvalue weighted by Gasteiger charge is 2.34. The number of alkyl halides is 3. The van der Waals surface area contributed by atoms with Gasteiger partial charge in [-0.05, 0) is 30.3 Å². The van der Waals surface area contributed by atoms with E-state index in [9.17, 15) is 27.2 Å². The van der Waals surface area contributed by atoms with Crippen molar-refractivity contribution in [3.8, 4) is 11.3 Å². The molecule has 1 amide bonds. The zero-order valence-electron chi connectivity index (χ0n) is 14.5. The fourth-order valence-corrected chi connectivity index (χ4v) is 2.62. The zero-order chi connectivity index (χ0) is 21.2. The predicted molar refractivity (Wildman–Crippen MR) is 99.0 cm³/mol. The monoisotopic (exact) mass is 425 g/mol. The van der Waals surface area contributed by atoms with Crippen molar-refractivity contribution < 1.29 is 22.4 Å². The minimum atomic E-state index is -4.90. The maximum Gasteiger partial charge on any atom is 0.419 e. The summed E-state index contributed by atoms with van der Waals surface area (Å²) in [6.07, 6.45) is -3.75. The number of hydrogen-bond donors (Lipinski definition) is 1. The Morgan fingerprint density at radius 3 is 2.41 bits per heavy atom. The van der Waals surface area contributed by atoms with Crippen LogP contribution in [0.3, 0.4) is 0 Å². The average molecular weight is 426 g/mol. The SMILES string of the molecule is O=C(Cn1cnc(-c2ccc(Cl)cc2)cc1=O)Nc1ccc(F)c(C(F)(F)F)c1. The summed E-state index contributed by atoms with van der Waals surface area (Å²) in [5.74, 6) is -2.22. The van der Waals surface area contributed by atoms with Gasteiger partial charge in [0, 0.05) is 22.3 Å². The third-order valence-electron chi connectivity index (χ3n) is 3.89. The lowest BCUT2D eigenvalue weighted by Crippen LogP contribution is -2.27. The third-order valence-corrected chi connectivity index (χ3v) is 4.14. The van der Waals surface area contributed by atoms with Gasteiger partial charge in [0.05, 0.1) is 17.6 Å². The molecule has 1 aromatic heterocycles. The van der Waals surface area contributed by atoms with Crippen molar-refractivity contribution in [1.82, 2.24) is 9.55 Å². The molecule has 0 saturated carbocycles. The molecule has 0 fully saturated rings. The van der Waals surface area contributed by atoms with Gasteiger partial charge in [-0.1, -0.05) is 23.7 Å². The van der Waals surface area contributed by atoms with Crippen LogP contribution in [0, 0.1) is 5.82 Å². The summed E-state index contributed by atoms with van der Waals surface area (Å²) in [7, 11) is 0. The summed E-state index contributed by atoms with van der Waals surface area (Å²) < 4.78 is 52.6. The number of hydrogen-bond acceptors (Lipinski definition) is 3. The molecule has 3 aromatic rings.